The van der Waals surface area contributed by atoms with Crippen molar-refractivity contribution in [1.82, 2.24) is 4.98 Å². The molecule has 3 aromatic rings. The molecule has 28 heavy (non-hydrogen) atoms. The van der Waals surface area contributed by atoms with Crippen LogP contribution in [0.4, 0.5) is 0 Å². The van der Waals surface area contributed by atoms with Crippen molar-refractivity contribution < 1.29 is 4.74 Å². The van der Waals surface area contributed by atoms with E-state index in [-0.39, 0.29) is 0 Å². The third-order valence-electron chi connectivity index (χ3n) is 4.73. The van der Waals surface area contributed by atoms with Crippen molar-refractivity contribution >= 4 is 23.2 Å². The molecule has 1 unspecified atom stereocenters. The molecule has 1 heterocycles. The van der Waals surface area contributed by atoms with E-state index in [2.05, 4.69) is 17.8 Å². The second-order valence-corrected chi connectivity index (χ2v) is 7.66. The van der Waals surface area contributed by atoms with Crippen molar-refractivity contribution in [3.8, 4) is 24.0 Å². The summed E-state index contributed by atoms with van der Waals surface area (Å²) in [6, 6.07) is 21.0. The van der Waals surface area contributed by atoms with Crippen LogP contribution in [-0.4, -0.2) is 4.98 Å². The maximum absolute atomic E-state index is 6.17. The molecule has 2 nitrogen and oxygen atoms in total. The lowest BCUT2D eigenvalue weighted by Gasteiger charge is -2.24. The zero-order valence-corrected chi connectivity index (χ0v) is 17.2. The molecule has 0 aliphatic carbocycles. The topological polar surface area (TPSA) is 22.1 Å². The van der Waals surface area contributed by atoms with Gasteiger partial charge < -0.3 is 4.74 Å². The predicted octanol–water partition coefficient (Wildman–Crippen LogP) is 7.09. The van der Waals surface area contributed by atoms with Gasteiger partial charge in [0.2, 0.25) is 5.88 Å². The average Bonchev–Trinajstić information content (AvgIpc) is 2.71. The van der Waals surface area contributed by atoms with Crippen molar-refractivity contribution in [2.45, 2.75) is 31.6 Å². The van der Waals surface area contributed by atoms with Crippen LogP contribution in [0.3, 0.4) is 0 Å². The molecule has 0 aliphatic heterocycles. The zero-order valence-electron chi connectivity index (χ0n) is 15.7. The van der Waals surface area contributed by atoms with Crippen molar-refractivity contribution in [2.24, 2.45) is 0 Å². The van der Waals surface area contributed by atoms with Gasteiger partial charge in [0, 0.05) is 11.8 Å². The first kappa shape index (κ1) is 20.3. The number of benzene rings is 2. The average molecular weight is 410 g/mol. The van der Waals surface area contributed by atoms with Crippen LogP contribution in [0.25, 0.3) is 0 Å². The summed E-state index contributed by atoms with van der Waals surface area (Å²) in [5.74, 6) is 4.29. The first-order valence-corrected chi connectivity index (χ1v) is 9.88. The lowest BCUT2D eigenvalue weighted by Crippen LogP contribution is -2.19. The summed E-state index contributed by atoms with van der Waals surface area (Å²) in [6.45, 7) is 2.05. The normalized spacial score (nSPS) is 12.8. The molecule has 4 heteroatoms. The van der Waals surface area contributed by atoms with E-state index in [0.717, 1.165) is 36.3 Å². The van der Waals surface area contributed by atoms with Gasteiger partial charge in [-0.3, -0.25) is 0 Å². The third kappa shape index (κ3) is 5.07. The van der Waals surface area contributed by atoms with E-state index in [4.69, 9.17) is 34.4 Å². The van der Waals surface area contributed by atoms with Gasteiger partial charge in [-0.15, -0.1) is 6.42 Å². The van der Waals surface area contributed by atoms with E-state index in [0.29, 0.717) is 15.9 Å². The number of hydrogen-bond acceptors (Lipinski definition) is 2. The zero-order chi connectivity index (χ0) is 20.0. The molecule has 0 fully saturated rings. The fraction of sp³-hybridized carbons (Fsp3) is 0.208. The Labute approximate surface area is 176 Å². The van der Waals surface area contributed by atoms with Gasteiger partial charge in [-0.2, -0.15) is 0 Å². The number of nitrogens with zero attached hydrogens (tertiary/aromatic N) is 1. The molecule has 0 radical (unpaired) electrons. The van der Waals surface area contributed by atoms with Crippen molar-refractivity contribution in [3.63, 3.8) is 0 Å². The summed E-state index contributed by atoms with van der Waals surface area (Å²) in [6.07, 6.45) is 8.37. The van der Waals surface area contributed by atoms with Gasteiger partial charge in [0.05, 0.1) is 15.5 Å². The molecule has 0 saturated carbocycles. The number of aryl methyl sites for hydroxylation is 1. The standard InChI is InChI=1S/C24H21Cl2NO/c1-3-24(2,18-14-15-21(25)22(26)17-18)16-8-10-19-9-7-13-23(27-19)28-20-11-5-4-6-12-20/h1,4-7,9,11-15,17H,8,10,16H2,2H3. The van der Waals surface area contributed by atoms with Crippen molar-refractivity contribution in [2.75, 3.05) is 0 Å². The summed E-state index contributed by atoms with van der Waals surface area (Å²) in [5.41, 5.74) is 1.56. The monoisotopic (exact) mass is 409 g/mol. The van der Waals surface area contributed by atoms with Gasteiger partial charge in [-0.1, -0.05) is 59.5 Å². The fourth-order valence-corrected chi connectivity index (χ4v) is 3.32. The number of terminal acetylenes is 1. The van der Waals surface area contributed by atoms with E-state index in [9.17, 15) is 0 Å². The van der Waals surface area contributed by atoms with Crippen LogP contribution in [0.1, 0.15) is 31.0 Å². The molecule has 1 aromatic heterocycles. The number of halogens is 2. The highest BCUT2D eigenvalue weighted by atomic mass is 35.5. The SMILES string of the molecule is C#CC(C)(CCCc1cccc(Oc2ccccc2)n1)c1ccc(Cl)c(Cl)c1. The molecule has 142 valence electrons. The summed E-state index contributed by atoms with van der Waals surface area (Å²) in [5, 5.41) is 1.05. The predicted molar refractivity (Wildman–Crippen MR) is 116 cm³/mol. The highest BCUT2D eigenvalue weighted by Crippen LogP contribution is 2.33. The minimum Gasteiger partial charge on any atom is -0.439 e. The number of aromatic nitrogens is 1. The number of pyridine rings is 1. The summed E-state index contributed by atoms with van der Waals surface area (Å²) in [4.78, 5) is 4.60. The summed E-state index contributed by atoms with van der Waals surface area (Å²) >= 11 is 12.2. The number of ether oxygens (including phenoxy) is 1. The molecule has 1 atom stereocenters. The molecule has 0 amide bonds. The smallest absolute Gasteiger partial charge is 0.219 e. The van der Waals surface area contributed by atoms with Crippen LogP contribution in [-0.2, 0) is 11.8 Å². The Hall–Kier alpha value is -2.47. The Bertz CT molecular complexity index is 981. The highest BCUT2D eigenvalue weighted by molar-refractivity contribution is 6.42. The molecular formula is C24H21Cl2NO. The van der Waals surface area contributed by atoms with Gasteiger partial charge >= 0.3 is 0 Å². The summed E-state index contributed by atoms with van der Waals surface area (Å²) < 4.78 is 5.81. The molecular weight excluding hydrogens is 389 g/mol. The van der Waals surface area contributed by atoms with Gasteiger partial charge in [-0.05, 0) is 62.1 Å². The first-order chi connectivity index (χ1) is 13.5. The first-order valence-electron chi connectivity index (χ1n) is 9.12. The van der Waals surface area contributed by atoms with Gasteiger partial charge in [0.25, 0.3) is 0 Å². The lowest BCUT2D eigenvalue weighted by atomic mass is 9.79. The molecule has 2 aromatic carbocycles. The van der Waals surface area contributed by atoms with Gasteiger partial charge in [-0.25, -0.2) is 4.98 Å². The van der Waals surface area contributed by atoms with Crippen molar-refractivity contribution in [3.05, 3.63) is 88.0 Å². The van der Waals surface area contributed by atoms with E-state index in [1.807, 2.05) is 60.7 Å². The number of para-hydroxylation sites is 1. The quantitative estimate of drug-likeness (QED) is 0.388. The molecule has 0 bridgehead atoms. The highest BCUT2D eigenvalue weighted by Gasteiger charge is 2.24. The van der Waals surface area contributed by atoms with Crippen LogP contribution in [0.2, 0.25) is 10.0 Å². The maximum Gasteiger partial charge on any atom is 0.219 e. The minimum atomic E-state index is -0.410. The van der Waals surface area contributed by atoms with Crippen LogP contribution < -0.4 is 4.74 Å². The van der Waals surface area contributed by atoms with Gasteiger partial charge in [0.1, 0.15) is 5.75 Å². The number of rotatable bonds is 7. The number of hydrogen-bond donors (Lipinski definition) is 0. The second-order valence-electron chi connectivity index (χ2n) is 6.84. The van der Waals surface area contributed by atoms with Crippen LogP contribution >= 0.6 is 23.2 Å². The lowest BCUT2D eigenvalue weighted by molar-refractivity contribution is 0.459. The molecule has 0 spiro atoms. The molecule has 0 saturated heterocycles. The molecule has 0 aliphatic rings. The van der Waals surface area contributed by atoms with Gasteiger partial charge in [0.15, 0.2) is 0 Å². The third-order valence-corrected chi connectivity index (χ3v) is 5.47. The Morgan fingerprint density at radius 2 is 1.79 bits per heavy atom. The van der Waals surface area contributed by atoms with E-state index >= 15 is 0 Å². The molecule has 0 N–H and O–H groups in total. The van der Waals surface area contributed by atoms with Crippen LogP contribution in [0.5, 0.6) is 11.6 Å². The van der Waals surface area contributed by atoms with E-state index < -0.39 is 5.41 Å². The Morgan fingerprint density at radius 1 is 1.00 bits per heavy atom. The second kappa shape index (κ2) is 9.15. The molecule has 3 rings (SSSR count). The van der Waals surface area contributed by atoms with E-state index in [1.165, 1.54) is 0 Å². The Kier molecular flexibility index (Phi) is 6.62. The maximum atomic E-state index is 6.17. The largest absolute Gasteiger partial charge is 0.439 e. The van der Waals surface area contributed by atoms with Crippen molar-refractivity contribution in [1.29, 1.82) is 0 Å². The fourth-order valence-electron chi connectivity index (χ4n) is 3.03. The van der Waals surface area contributed by atoms with Crippen LogP contribution in [0, 0.1) is 12.3 Å². The Balaban J connectivity index is 1.64. The summed E-state index contributed by atoms with van der Waals surface area (Å²) in [7, 11) is 0. The minimum absolute atomic E-state index is 0.410. The van der Waals surface area contributed by atoms with Crippen LogP contribution in [0.15, 0.2) is 66.7 Å². The Morgan fingerprint density at radius 3 is 2.50 bits per heavy atom. The van der Waals surface area contributed by atoms with E-state index in [1.54, 1.807) is 6.07 Å².